The highest BCUT2D eigenvalue weighted by molar-refractivity contribution is 7.07. The number of nitrogens with one attached hydrogen (secondary N) is 1. The van der Waals surface area contributed by atoms with Crippen molar-refractivity contribution in [1.29, 1.82) is 0 Å². The quantitative estimate of drug-likeness (QED) is 0.725. The van der Waals surface area contributed by atoms with Crippen LogP contribution >= 0.6 is 11.3 Å². The van der Waals surface area contributed by atoms with Gasteiger partial charge in [0.15, 0.2) is 0 Å². The zero-order chi connectivity index (χ0) is 22.4. The monoisotopic (exact) mass is 458 g/mol. The molecule has 2 aromatic heterocycles. The number of rotatable bonds is 4. The van der Waals surface area contributed by atoms with Crippen LogP contribution < -0.4 is 5.32 Å². The Bertz CT molecular complexity index is 867. The molecule has 4 rings (SSSR count). The van der Waals surface area contributed by atoms with Crippen LogP contribution in [0.25, 0.3) is 0 Å². The molecule has 12 heteroatoms. The first kappa shape index (κ1) is 23.1. The van der Waals surface area contributed by atoms with E-state index in [1.807, 2.05) is 0 Å². The Morgan fingerprint density at radius 3 is 2.74 bits per heavy atom. The average molecular weight is 458 g/mol. The number of carbonyl (C=O) groups excluding carboxylic acids is 1. The molecule has 2 N–H and O–H groups in total. The van der Waals surface area contributed by atoms with Gasteiger partial charge in [0, 0.05) is 38.1 Å². The molecular weight excluding hydrogens is 437 g/mol. The molecule has 0 bridgehead atoms. The number of hydrogen-bond donors (Lipinski definition) is 2. The van der Waals surface area contributed by atoms with Gasteiger partial charge in [-0.2, -0.15) is 24.5 Å². The molecule has 1 amide bonds. The molecule has 31 heavy (non-hydrogen) atoms. The summed E-state index contributed by atoms with van der Waals surface area (Å²) >= 11 is 1.72. The molecule has 0 unspecified atom stereocenters. The van der Waals surface area contributed by atoms with E-state index >= 15 is 0 Å². The summed E-state index contributed by atoms with van der Waals surface area (Å²) in [7, 11) is 0. The maximum Gasteiger partial charge on any atom is 0.490 e. The van der Waals surface area contributed by atoms with Crippen LogP contribution in [0, 0.1) is 0 Å². The van der Waals surface area contributed by atoms with Crippen LogP contribution in [0.2, 0.25) is 0 Å². The average Bonchev–Trinajstić information content (AvgIpc) is 3.37. The van der Waals surface area contributed by atoms with Crippen LogP contribution in [-0.4, -0.2) is 69.4 Å². The largest absolute Gasteiger partial charge is 0.490 e. The highest BCUT2D eigenvalue weighted by Crippen LogP contribution is 2.30. The number of alkyl halides is 3. The number of amides is 1. The summed E-state index contributed by atoms with van der Waals surface area (Å²) in [5.41, 5.74) is 1.67. The predicted octanol–water partition coefficient (Wildman–Crippen LogP) is 2.33. The van der Waals surface area contributed by atoms with Crippen molar-refractivity contribution < 1.29 is 32.6 Å². The van der Waals surface area contributed by atoms with Gasteiger partial charge >= 0.3 is 12.1 Å². The number of aliphatic carboxylic acids is 1. The second kappa shape index (κ2) is 10.2. The number of hydrogen-bond acceptors (Lipinski definition) is 7. The van der Waals surface area contributed by atoms with Crippen molar-refractivity contribution in [2.24, 2.45) is 0 Å². The van der Waals surface area contributed by atoms with Crippen molar-refractivity contribution in [3.05, 3.63) is 46.7 Å². The Morgan fingerprint density at radius 1 is 1.35 bits per heavy atom. The Hall–Kier alpha value is -2.57. The third-order valence-electron chi connectivity index (χ3n) is 4.95. The number of carboxylic acids is 1. The van der Waals surface area contributed by atoms with E-state index in [1.165, 1.54) is 18.0 Å². The predicted molar refractivity (Wildman–Crippen MR) is 104 cm³/mol. The van der Waals surface area contributed by atoms with E-state index in [4.69, 9.17) is 14.6 Å². The van der Waals surface area contributed by atoms with Crippen LogP contribution in [0.5, 0.6) is 0 Å². The van der Waals surface area contributed by atoms with E-state index in [0.29, 0.717) is 11.7 Å². The van der Waals surface area contributed by atoms with Crippen molar-refractivity contribution in [2.45, 2.75) is 43.8 Å². The van der Waals surface area contributed by atoms with Crippen LogP contribution in [0.15, 0.2) is 35.4 Å². The number of halogens is 3. The van der Waals surface area contributed by atoms with Gasteiger partial charge in [-0.25, -0.2) is 9.78 Å². The SMILES string of the molecule is O=C(N[C@H]1CN(Cc2ccsc2)[C@@H]2CCCO[C@H]12)c1cnccn1.O=C(O)C(F)(F)F. The maximum absolute atomic E-state index is 12.4. The van der Waals surface area contributed by atoms with Crippen molar-refractivity contribution in [2.75, 3.05) is 13.2 Å². The van der Waals surface area contributed by atoms with E-state index in [-0.39, 0.29) is 18.1 Å². The lowest BCUT2D eigenvalue weighted by molar-refractivity contribution is -0.192. The van der Waals surface area contributed by atoms with Crippen LogP contribution in [0.1, 0.15) is 28.9 Å². The second-order valence-corrected chi connectivity index (χ2v) is 7.86. The molecule has 0 spiro atoms. The molecule has 0 saturated carbocycles. The lowest BCUT2D eigenvalue weighted by Crippen LogP contribution is -2.47. The Labute approximate surface area is 180 Å². The Kier molecular flexibility index (Phi) is 7.57. The van der Waals surface area contributed by atoms with E-state index in [2.05, 4.69) is 37.0 Å². The fourth-order valence-corrected chi connectivity index (χ4v) is 4.30. The van der Waals surface area contributed by atoms with Crippen LogP contribution in [0.4, 0.5) is 13.2 Å². The number of carbonyl (C=O) groups is 2. The first-order valence-corrected chi connectivity index (χ1v) is 10.4. The number of carboxylic acid groups (broad SMARTS) is 1. The molecule has 0 aromatic carbocycles. The molecular formula is C19H21F3N4O4S. The lowest BCUT2D eigenvalue weighted by atomic mass is 10.0. The molecule has 0 aliphatic carbocycles. The zero-order valence-corrected chi connectivity index (χ0v) is 17.1. The van der Waals surface area contributed by atoms with Gasteiger partial charge in [0.25, 0.3) is 5.91 Å². The highest BCUT2D eigenvalue weighted by atomic mass is 32.1. The summed E-state index contributed by atoms with van der Waals surface area (Å²) in [5, 5.41) is 14.5. The maximum atomic E-state index is 12.4. The summed E-state index contributed by atoms with van der Waals surface area (Å²) in [6.07, 6.45) is 1.75. The van der Waals surface area contributed by atoms with Crippen molar-refractivity contribution in [1.82, 2.24) is 20.2 Å². The number of fused-ring (bicyclic) bond motifs is 1. The standard InChI is InChI=1S/C17H20N4O2S.C2HF3O2/c22-17(13-8-18-4-5-19-13)20-14-10-21(9-12-3-7-24-11-12)15-2-1-6-23-16(14)15;3-2(4,5)1(6)7/h3-5,7-8,11,14-16H,1-2,6,9-10H2,(H,20,22);(H,6,7)/t14-,15+,16+;/m0./s1. The Morgan fingerprint density at radius 2 is 2.13 bits per heavy atom. The molecule has 0 radical (unpaired) electrons. The van der Waals surface area contributed by atoms with E-state index in [1.54, 1.807) is 17.5 Å². The normalized spacial score (nSPS) is 23.4. The smallest absolute Gasteiger partial charge is 0.475 e. The lowest BCUT2D eigenvalue weighted by Gasteiger charge is -2.32. The van der Waals surface area contributed by atoms with Gasteiger partial charge in [-0.15, -0.1) is 0 Å². The number of ether oxygens (including phenoxy) is 1. The number of likely N-dealkylation sites (tertiary alicyclic amines) is 1. The summed E-state index contributed by atoms with van der Waals surface area (Å²) in [6.45, 7) is 2.48. The summed E-state index contributed by atoms with van der Waals surface area (Å²) in [6, 6.07) is 2.52. The molecule has 168 valence electrons. The molecule has 2 saturated heterocycles. The fraction of sp³-hybridized carbons (Fsp3) is 0.474. The summed E-state index contributed by atoms with van der Waals surface area (Å²) < 4.78 is 37.7. The molecule has 2 aliphatic rings. The van der Waals surface area contributed by atoms with Gasteiger partial charge in [0.2, 0.25) is 0 Å². The van der Waals surface area contributed by atoms with Crippen LogP contribution in [0.3, 0.4) is 0 Å². The van der Waals surface area contributed by atoms with Crippen molar-refractivity contribution >= 4 is 23.2 Å². The van der Waals surface area contributed by atoms with E-state index in [9.17, 15) is 18.0 Å². The molecule has 2 fully saturated rings. The highest BCUT2D eigenvalue weighted by Gasteiger charge is 2.44. The number of nitrogens with zero attached hydrogens (tertiary/aromatic N) is 3. The first-order valence-electron chi connectivity index (χ1n) is 9.49. The minimum atomic E-state index is -5.08. The van der Waals surface area contributed by atoms with Gasteiger partial charge in [-0.1, -0.05) is 0 Å². The molecule has 2 aromatic rings. The van der Waals surface area contributed by atoms with E-state index in [0.717, 1.165) is 32.5 Å². The molecule has 4 heterocycles. The molecule has 8 nitrogen and oxygen atoms in total. The van der Waals surface area contributed by atoms with Gasteiger partial charge in [0.1, 0.15) is 5.69 Å². The van der Waals surface area contributed by atoms with Crippen LogP contribution in [-0.2, 0) is 16.1 Å². The minimum Gasteiger partial charge on any atom is -0.475 e. The zero-order valence-electron chi connectivity index (χ0n) is 16.3. The summed E-state index contributed by atoms with van der Waals surface area (Å²) in [5.74, 6) is -2.94. The van der Waals surface area contributed by atoms with Crippen molar-refractivity contribution in [3.63, 3.8) is 0 Å². The fourth-order valence-electron chi connectivity index (χ4n) is 3.64. The van der Waals surface area contributed by atoms with Gasteiger partial charge in [0.05, 0.1) is 18.3 Å². The first-order chi connectivity index (χ1) is 14.8. The molecule has 3 atom stereocenters. The topological polar surface area (TPSA) is 105 Å². The third-order valence-corrected chi connectivity index (χ3v) is 5.68. The van der Waals surface area contributed by atoms with Crippen molar-refractivity contribution in [3.8, 4) is 0 Å². The molecule has 2 aliphatic heterocycles. The van der Waals surface area contributed by atoms with Gasteiger partial charge in [-0.3, -0.25) is 14.7 Å². The number of thiophene rings is 1. The Balaban J connectivity index is 0.000000339. The van der Waals surface area contributed by atoms with Gasteiger partial charge < -0.3 is 15.2 Å². The second-order valence-electron chi connectivity index (χ2n) is 7.08. The van der Waals surface area contributed by atoms with Gasteiger partial charge in [-0.05, 0) is 35.2 Å². The third kappa shape index (κ3) is 6.21. The minimum absolute atomic E-state index is 0.0107. The number of aromatic nitrogens is 2. The summed E-state index contributed by atoms with van der Waals surface area (Å²) in [4.78, 5) is 31.8. The van der Waals surface area contributed by atoms with E-state index < -0.39 is 12.1 Å².